The molecule has 2 amide bonds. The molecule has 0 aliphatic heterocycles. The Hall–Kier alpha value is -2.98. The van der Waals surface area contributed by atoms with Crippen LogP contribution in [0.2, 0.25) is 0 Å². The topological polar surface area (TPSA) is 90.0 Å². The van der Waals surface area contributed by atoms with Crippen LogP contribution in [-0.2, 0) is 26.3 Å². The number of benzene rings is 2. The normalized spacial score (nSPS) is 12.5. The summed E-state index contributed by atoms with van der Waals surface area (Å²) in [6.45, 7) is 6.52. The summed E-state index contributed by atoms with van der Waals surface area (Å²) < 4.78 is 42.3. The number of nitrogens with zero attached hydrogens (tertiary/aromatic N) is 3. The average molecular weight is 493 g/mol. The van der Waals surface area contributed by atoms with Crippen molar-refractivity contribution in [2.24, 2.45) is 0 Å². The van der Waals surface area contributed by atoms with Gasteiger partial charge in [-0.1, -0.05) is 42.0 Å². The van der Waals surface area contributed by atoms with Crippen LogP contribution < -0.4 is 9.62 Å². The van der Waals surface area contributed by atoms with E-state index in [9.17, 15) is 22.4 Å². The Bertz CT molecular complexity index is 1120. The number of aryl methyl sites for hydroxylation is 1. The molecule has 0 saturated heterocycles. The smallest absolute Gasteiger partial charge is 0.304 e. The number of para-hydroxylation sites is 1. The fourth-order valence-corrected chi connectivity index (χ4v) is 4.42. The summed E-state index contributed by atoms with van der Waals surface area (Å²) in [5, 5.41) is 2.78. The number of nitrogens with one attached hydrogen (secondary N) is 1. The highest BCUT2D eigenvalue weighted by atomic mass is 32.2. The Kier molecular flexibility index (Phi) is 9.17. The molecule has 0 aromatic heterocycles. The third-order valence-electron chi connectivity index (χ3n) is 5.17. The Morgan fingerprint density at radius 1 is 1.03 bits per heavy atom. The number of carbonyl (C=O) groups is 2. The molecule has 34 heavy (non-hydrogen) atoms. The number of carbonyl (C=O) groups excluding carboxylic acids is 2. The highest BCUT2D eigenvalue weighted by Gasteiger charge is 2.33. The molecule has 0 saturated carbocycles. The van der Waals surface area contributed by atoms with E-state index >= 15 is 0 Å². The number of halogens is 1. The summed E-state index contributed by atoms with van der Waals surface area (Å²) >= 11 is 0. The summed E-state index contributed by atoms with van der Waals surface area (Å²) in [5.41, 5.74) is 1.51. The standard InChI is InChI=1S/C24H33FN4O4S/c1-17(2)26-24(31)19(4)28(15-20-11-9-10-18(3)14-20)23(30)16-29(34(32,33)27(5)6)22-13-8-7-12-21(22)25/h7-14,17,19H,15-16H2,1-6H3,(H,26,31)/t19-/m0/s1. The van der Waals surface area contributed by atoms with Gasteiger partial charge in [0.2, 0.25) is 11.8 Å². The van der Waals surface area contributed by atoms with E-state index in [2.05, 4.69) is 5.32 Å². The maximum atomic E-state index is 14.6. The Morgan fingerprint density at radius 3 is 2.24 bits per heavy atom. The maximum Gasteiger partial charge on any atom is 0.304 e. The lowest BCUT2D eigenvalue weighted by atomic mass is 10.1. The molecule has 0 heterocycles. The van der Waals surface area contributed by atoms with Crippen molar-refractivity contribution in [3.05, 3.63) is 65.5 Å². The van der Waals surface area contributed by atoms with Crippen LogP contribution >= 0.6 is 0 Å². The molecule has 186 valence electrons. The van der Waals surface area contributed by atoms with Gasteiger partial charge in [-0.25, -0.2) is 8.70 Å². The molecule has 0 aliphatic carbocycles. The van der Waals surface area contributed by atoms with Crippen molar-refractivity contribution < 1.29 is 22.4 Å². The van der Waals surface area contributed by atoms with Gasteiger partial charge in [0, 0.05) is 26.7 Å². The van der Waals surface area contributed by atoms with Gasteiger partial charge in [-0.3, -0.25) is 9.59 Å². The number of hydrogen-bond acceptors (Lipinski definition) is 4. The van der Waals surface area contributed by atoms with E-state index in [1.54, 1.807) is 20.8 Å². The van der Waals surface area contributed by atoms with Gasteiger partial charge in [0.05, 0.1) is 5.69 Å². The zero-order chi connectivity index (χ0) is 25.6. The van der Waals surface area contributed by atoms with Crippen LogP contribution in [0, 0.1) is 12.7 Å². The van der Waals surface area contributed by atoms with Crippen LogP contribution in [0.4, 0.5) is 10.1 Å². The molecule has 0 fully saturated rings. The minimum absolute atomic E-state index is 0.0836. The van der Waals surface area contributed by atoms with Gasteiger partial charge in [-0.15, -0.1) is 0 Å². The first-order chi connectivity index (χ1) is 15.8. The predicted octanol–water partition coefficient (Wildman–Crippen LogP) is 2.69. The lowest BCUT2D eigenvalue weighted by Crippen LogP contribution is -2.53. The zero-order valence-corrected chi connectivity index (χ0v) is 21.3. The van der Waals surface area contributed by atoms with Gasteiger partial charge < -0.3 is 10.2 Å². The van der Waals surface area contributed by atoms with Gasteiger partial charge in [0.25, 0.3) is 0 Å². The van der Waals surface area contributed by atoms with Gasteiger partial charge in [0.15, 0.2) is 0 Å². The van der Waals surface area contributed by atoms with E-state index in [1.165, 1.54) is 37.2 Å². The first-order valence-corrected chi connectivity index (χ1v) is 12.3. The Balaban J connectivity index is 2.48. The highest BCUT2D eigenvalue weighted by molar-refractivity contribution is 7.90. The van der Waals surface area contributed by atoms with Gasteiger partial charge in [0.1, 0.15) is 18.4 Å². The van der Waals surface area contributed by atoms with Crippen LogP contribution in [-0.4, -0.2) is 62.2 Å². The second kappa shape index (κ2) is 11.4. The van der Waals surface area contributed by atoms with Crippen molar-refractivity contribution in [3.63, 3.8) is 0 Å². The Morgan fingerprint density at radius 2 is 1.68 bits per heavy atom. The molecule has 8 nitrogen and oxygen atoms in total. The largest absolute Gasteiger partial charge is 0.352 e. The number of anilines is 1. The lowest BCUT2D eigenvalue weighted by molar-refractivity contribution is -0.139. The van der Waals surface area contributed by atoms with Crippen molar-refractivity contribution in [1.29, 1.82) is 0 Å². The third kappa shape index (κ3) is 6.77. The van der Waals surface area contributed by atoms with E-state index < -0.39 is 34.5 Å². The van der Waals surface area contributed by atoms with E-state index in [4.69, 9.17) is 0 Å². The zero-order valence-electron chi connectivity index (χ0n) is 20.4. The lowest BCUT2D eigenvalue weighted by Gasteiger charge is -2.33. The molecule has 10 heteroatoms. The predicted molar refractivity (Wildman–Crippen MR) is 131 cm³/mol. The van der Waals surface area contributed by atoms with E-state index in [0.717, 1.165) is 25.8 Å². The Labute approximate surface area is 201 Å². The van der Waals surface area contributed by atoms with Crippen molar-refractivity contribution in [2.45, 2.75) is 46.3 Å². The summed E-state index contributed by atoms with van der Waals surface area (Å²) in [4.78, 5) is 27.6. The first-order valence-electron chi connectivity index (χ1n) is 10.9. The molecular formula is C24H33FN4O4S. The molecule has 1 N–H and O–H groups in total. The van der Waals surface area contributed by atoms with E-state index in [0.29, 0.717) is 0 Å². The summed E-state index contributed by atoms with van der Waals surface area (Å²) in [5.74, 6) is -1.79. The fourth-order valence-electron chi connectivity index (χ4n) is 3.35. The van der Waals surface area contributed by atoms with E-state index in [-0.39, 0.29) is 24.2 Å². The van der Waals surface area contributed by atoms with Crippen molar-refractivity contribution in [2.75, 3.05) is 24.9 Å². The molecular weight excluding hydrogens is 459 g/mol. The van der Waals surface area contributed by atoms with Crippen LogP contribution in [0.1, 0.15) is 31.9 Å². The summed E-state index contributed by atoms with van der Waals surface area (Å²) in [6.07, 6.45) is 0. The second-order valence-electron chi connectivity index (χ2n) is 8.60. The monoisotopic (exact) mass is 492 g/mol. The summed E-state index contributed by atoms with van der Waals surface area (Å²) in [6, 6.07) is 11.8. The molecule has 2 aromatic carbocycles. The van der Waals surface area contributed by atoms with Crippen molar-refractivity contribution in [3.8, 4) is 0 Å². The molecule has 0 spiro atoms. The van der Waals surface area contributed by atoms with Gasteiger partial charge in [-0.2, -0.15) is 12.7 Å². The summed E-state index contributed by atoms with van der Waals surface area (Å²) in [7, 11) is -1.60. The van der Waals surface area contributed by atoms with Crippen LogP contribution in [0.5, 0.6) is 0 Å². The number of amides is 2. The number of hydrogen-bond donors (Lipinski definition) is 1. The quantitative estimate of drug-likeness (QED) is 0.552. The highest BCUT2D eigenvalue weighted by Crippen LogP contribution is 2.24. The molecule has 0 bridgehead atoms. The molecule has 0 unspecified atom stereocenters. The first kappa shape index (κ1) is 27.3. The van der Waals surface area contributed by atoms with Crippen molar-refractivity contribution >= 4 is 27.7 Å². The van der Waals surface area contributed by atoms with Crippen molar-refractivity contribution in [1.82, 2.24) is 14.5 Å². The molecule has 2 rings (SSSR count). The van der Waals surface area contributed by atoms with Gasteiger partial charge >= 0.3 is 10.2 Å². The fraction of sp³-hybridized carbons (Fsp3) is 0.417. The van der Waals surface area contributed by atoms with E-state index in [1.807, 2.05) is 31.2 Å². The minimum atomic E-state index is -4.21. The van der Waals surface area contributed by atoms with Crippen LogP contribution in [0.25, 0.3) is 0 Å². The SMILES string of the molecule is Cc1cccc(CN(C(=O)CN(c2ccccc2F)S(=O)(=O)N(C)C)[C@@H](C)C(=O)NC(C)C)c1. The molecule has 0 radical (unpaired) electrons. The average Bonchev–Trinajstić information content (AvgIpc) is 2.75. The van der Waals surface area contributed by atoms with Gasteiger partial charge in [-0.05, 0) is 45.4 Å². The molecule has 2 aromatic rings. The third-order valence-corrected chi connectivity index (χ3v) is 6.98. The maximum absolute atomic E-state index is 14.6. The van der Waals surface area contributed by atoms with Crippen LogP contribution in [0.3, 0.4) is 0 Å². The number of rotatable bonds is 10. The molecule has 1 atom stereocenters. The minimum Gasteiger partial charge on any atom is -0.352 e. The second-order valence-corrected chi connectivity index (χ2v) is 10.7. The van der Waals surface area contributed by atoms with Crippen LogP contribution in [0.15, 0.2) is 48.5 Å². The molecule has 0 aliphatic rings.